The molecule has 1 heterocycles. The van der Waals surface area contributed by atoms with Gasteiger partial charge < -0.3 is 4.74 Å². The van der Waals surface area contributed by atoms with Crippen LogP contribution < -0.4 is 4.74 Å². The number of aromatic amines is 1. The third-order valence-corrected chi connectivity index (χ3v) is 2.97. The van der Waals surface area contributed by atoms with Crippen LogP contribution in [0.3, 0.4) is 0 Å². The standard InChI is InChI=1S/C13H17N3OS/c1-13(2,3)16-11(14-15-12(16)18)9-5-7-10(17-4)8-6-9/h5-8H,1-4H3,(H,15,18). The Morgan fingerprint density at radius 3 is 2.33 bits per heavy atom. The summed E-state index contributed by atoms with van der Waals surface area (Å²) in [7, 11) is 1.65. The number of methoxy groups -OCH3 is 1. The summed E-state index contributed by atoms with van der Waals surface area (Å²) in [5.74, 6) is 1.67. The van der Waals surface area contributed by atoms with Crippen molar-refractivity contribution >= 4 is 12.2 Å². The van der Waals surface area contributed by atoms with Gasteiger partial charge >= 0.3 is 0 Å². The first-order chi connectivity index (χ1) is 8.43. The van der Waals surface area contributed by atoms with E-state index in [0.29, 0.717) is 4.77 Å². The number of H-pyrrole nitrogens is 1. The molecule has 2 rings (SSSR count). The number of rotatable bonds is 2. The number of ether oxygens (including phenoxy) is 1. The normalized spacial score (nSPS) is 11.6. The Morgan fingerprint density at radius 1 is 1.22 bits per heavy atom. The molecule has 4 nitrogen and oxygen atoms in total. The molecule has 0 saturated carbocycles. The number of nitrogens with one attached hydrogen (secondary N) is 1. The summed E-state index contributed by atoms with van der Waals surface area (Å²) < 4.78 is 7.80. The van der Waals surface area contributed by atoms with Crippen molar-refractivity contribution < 1.29 is 4.74 Å². The van der Waals surface area contributed by atoms with E-state index in [2.05, 4.69) is 31.0 Å². The van der Waals surface area contributed by atoms with Crippen molar-refractivity contribution in [2.45, 2.75) is 26.3 Å². The molecule has 1 aromatic carbocycles. The van der Waals surface area contributed by atoms with Crippen LogP contribution in [-0.4, -0.2) is 21.9 Å². The smallest absolute Gasteiger partial charge is 0.195 e. The molecule has 0 aliphatic carbocycles. The predicted octanol–water partition coefficient (Wildman–Crippen LogP) is 3.37. The van der Waals surface area contributed by atoms with Gasteiger partial charge in [0, 0.05) is 11.1 Å². The van der Waals surface area contributed by atoms with E-state index in [-0.39, 0.29) is 5.54 Å². The minimum atomic E-state index is -0.112. The molecular formula is C13H17N3OS. The van der Waals surface area contributed by atoms with Crippen molar-refractivity contribution in [3.8, 4) is 17.1 Å². The summed E-state index contributed by atoms with van der Waals surface area (Å²) in [5, 5.41) is 7.17. The maximum Gasteiger partial charge on any atom is 0.195 e. The van der Waals surface area contributed by atoms with Crippen molar-refractivity contribution in [3.05, 3.63) is 29.0 Å². The van der Waals surface area contributed by atoms with Crippen LogP contribution in [0.2, 0.25) is 0 Å². The largest absolute Gasteiger partial charge is 0.497 e. The molecule has 0 aliphatic heterocycles. The molecule has 0 saturated heterocycles. The number of nitrogens with zero attached hydrogens (tertiary/aromatic N) is 2. The summed E-state index contributed by atoms with van der Waals surface area (Å²) in [6, 6.07) is 7.79. The summed E-state index contributed by atoms with van der Waals surface area (Å²) in [5.41, 5.74) is 0.900. The van der Waals surface area contributed by atoms with Crippen molar-refractivity contribution in [1.29, 1.82) is 0 Å². The van der Waals surface area contributed by atoms with Gasteiger partial charge in [0.1, 0.15) is 5.75 Å². The molecular weight excluding hydrogens is 246 g/mol. The SMILES string of the molecule is COc1ccc(-c2n[nH]c(=S)n2C(C)(C)C)cc1. The highest BCUT2D eigenvalue weighted by Crippen LogP contribution is 2.25. The Morgan fingerprint density at radius 2 is 1.83 bits per heavy atom. The lowest BCUT2D eigenvalue weighted by atomic mass is 10.1. The molecule has 0 amide bonds. The first kappa shape index (κ1) is 12.8. The van der Waals surface area contributed by atoms with Gasteiger partial charge in [0.25, 0.3) is 0 Å². The average molecular weight is 263 g/mol. The first-order valence-electron chi connectivity index (χ1n) is 5.76. The summed E-state index contributed by atoms with van der Waals surface area (Å²) in [6.45, 7) is 6.31. The van der Waals surface area contributed by atoms with Crippen LogP contribution in [0.15, 0.2) is 24.3 Å². The molecule has 0 fully saturated rings. The lowest BCUT2D eigenvalue weighted by Gasteiger charge is -2.22. The highest BCUT2D eigenvalue weighted by Gasteiger charge is 2.20. The lowest BCUT2D eigenvalue weighted by Crippen LogP contribution is -2.22. The molecule has 0 unspecified atom stereocenters. The second-order valence-corrected chi connectivity index (χ2v) is 5.47. The van der Waals surface area contributed by atoms with Gasteiger partial charge in [-0.15, -0.1) is 0 Å². The first-order valence-corrected chi connectivity index (χ1v) is 6.16. The number of hydrogen-bond acceptors (Lipinski definition) is 3. The molecule has 0 spiro atoms. The highest BCUT2D eigenvalue weighted by atomic mass is 32.1. The Labute approximate surface area is 112 Å². The molecule has 0 bridgehead atoms. The van der Waals surface area contributed by atoms with E-state index in [4.69, 9.17) is 17.0 Å². The molecule has 1 aromatic heterocycles. The molecule has 0 atom stereocenters. The second kappa shape index (κ2) is 4.57. The van der Waals surface area contributed by atoms with Crippen molar-refractivity contribution in [2.75, 3.05) is 7.11 Å². The third kappa shape index (κ3) is 2.31. The third-order valence-electron chi connectivity index (χ3n) is 2.69. The monoisotopic (exact) mass is 263 g/mol. The zero-order chi connectivity index (χ0) is 13.3. The highest BCUT2D eigenvalue weighted by molar-refractivity contribution is 7.71. The zero-order valence-corrected chi connectivity index (χ0v) is 11.8. The Bertz CT molecular complexity index is 590. The fourth-order valence-electron chi connectivity index (χ4n) is 1.85. The van der Waals surface area contributed by atoms with E-state index in [1.54, 1.807) is 7.11 Å². The number of aromatic nitrogens is 3. The van der Waals surface area contributed by atoms with E-state index in [1.165, 1.54) is 0 Å². The predicted molar refractivity (Wildman–Crippen MR) is 74.4 cm³/mol. The summed E-state index contributed by atoms with van der Waals surface area (Å²) in [6.07, 6.45) is 0. The van der Waals surface area contributed by atoms with Crippen LogP contribution in [0.25, 0.3) is 11.4 Å². The molecule has 0 radical (unpaired) electrons. The van der Waals surface area contributed by atoms with Crippen LogP contribution >= 0.6 is 12.2 Å². The number of hydrogen-bond donors (Lipinski definition) is 1. The molecule has 5 heteroatoms. The fraction of sp³-hybridized carbons (Fsp3) is 0.385. The van der Waals surface area contributed by atoms with Crippen molar-refractivity contribution in [2.24, 2.45) is 0 Å². The van der Waals surface area contributed by atoms with Crippen LogP contribution in [-0.2, 0) is 5.54 Å². The summed E-state index contributed by atoms with van der Waals surface area (Å²) in [4.78, 5) is 0. The van der Waals surface area contributed by atoms with Crippen molar-refractivity contribution in [1.82, 2.24) is 14.8 Å². The Balaban J connectivity index is 2.54. The molecule has 1 N–H and O–H groups in total. The van der Waals surface area contributed by atoms with Gasteiger partial charge in [-0.1, -0.05) is 0 Å². The van der Waals surface area contributed by atoms with Gasteiger partial charge in [-0.3, -0.25) is 9.67 Å². The molecule has 18 heavy (non-hydrogen) atoms. The maximum atomic E-state index is 5.29. The minimum absolute atomic E-state index is 0.112. The summed E-state index contributed by atoms with van der Waals surface area (Å²) >= 11 is 5.29. The van der Waals surface area contributed by atoms with Crippen molar-refractivity contribution in [3.63, 3.8) is 0 Å². The van der Waals surface area contributed by atoms with Gasteiger partial charge in [-0.2, -0.15) is 5.10 Å². The number of benzene rings is 1. The van der Waals surface area contributed by atoms with Gasteiger partial charge in [0.2, 0.25) is 0 Å². The Hall–Kier alpha value is -1.62. The van der Waals surface area contributed by atoms with E-state index in [1.807, 2.05) is 28.8 Å². The topological polar surface area (TPSA) is 42.8 Å². The van der Waals surface area contributed by atoms with Crippen LogP contribution in [0.4, 0.5) is 0 Å². The van der Waals surface area contributed by atoms with Crippen LogP contribution in [0.1, 0.15) is 20.8 Å². The fourth-order valence-corrected chi connectivity index (χ4v) is 2.26. The maximum absolute atomic E-state index is 5.29. The zero-order valence-electron chi connectivity index (χ0n) is 11.0. The minimum Gasteiger partial charge on any atom is -0.497 e. The van der Waals surface area contributed by atoms with E-state index in [0.717, 1.165) is 17.1 Å². The Kier molecular flexibility index (Phi) is 3.26. The molecule has 96 valence electrons. The lowest BCUT2D eigenvalue weighted by molar-refractivity contribution is 0.395. The van der Waals surface area contributed by atoms with E-state index in [9.17, 15) is 0 Å². The van der Waals surface area contributed by atoms with E-state index >= 15 is 0 Å². The van der Waals surface area contributed by atoms with Gasteiger partial charge in [-0.25, -0.2) is 0 Å². The van der Waals surface area contributed by atoms with Crippen LogP contribution in [0.5, 0.6) is 5.75 Å². The van der Waals surface area contributed by atoms with Gasteiger partial charge in [0.05, 0.1) is 7.11 Å². The van der Waals surface area contributed by atoms with Gasteiger partial charge in [0.15, 0.2) is 10.6 Å². The van der Waals surface area contributed by atoms with Gasteiger partial charge in [-0.05, 0) is 57.3 Å². The van der Waals surface area contributed by atoms with E-state index < -0.39 is 0 Å². The molecule has 2 aromatic rings. The average Bonchev–Trinajstić information content (AvgIpc) is 2.71. The molecule has 0 aliphatic rings. The quantitative estimate of drug-likeness (QED) is 0.845. The van der Waals surface area contributed by atoms with Crippen LogP contribution in [0, 0.1) is 4.77 Å². The second-order valence-electron chi connectivity index (χ2n) is 5.09.